The molecule has 0 spiro atoms. The zero-order chi connectivity index (χ0) is 32.5. The van der Waals surface area contributed by atoms with Crippen LogP contribution in [0.4, 0.5) is 34.1 Å². The second-order valence-electron chi connectivity index (χ2n) is 10.1. The molecular weight excluding hydrogens is 627 g/mol. The minimum atomic E-state index is -1.11. The van der Waals surface area contributed by atoms with Crippen LogP contribution < -0.4 is 11.5 Å². The zero-order valence-corrected chi connectivity index (χ0v) is 25.2. The molecule has 0 amide bonds. The Bertz CT molecular complexity index is 2130. The average Bonchev–Trinajstić information content (AvgIpc) is 3.05. The molecule has 6 aromatic carbocycles. The Kier molecular flexibility index (Phi) is 8.06. The highest BCUT2D eigenvalue weighted by Gasteiger charge is 2.16. The van der Waals surface area contributed by atoms with Gasteiger partial charge in [0.25, 0.3) is 0 Å². The number of carboxylic acid groups (broad SMARTS) is 2. The molecule has 0 radical (unpaired) electrons. The number of hydrogen-bond acceptors (Lipinski definition) is 8. The van der Waals surface area contributed by atoms with Crippen molar-refractivity contribution < 1.29 is 19.8 Å². The van der Waals surface area contributed by atoms with Gasteiger partial charge in [-0.05, 0) is 58.3 Å². The molecule has 46 heavy (non-hydrogen) atoms. The molecule has 0 aromatic heterocycles. The maximum atomic E-state index is 11.8. The van der Waals surface area contributed by atoms with E-state index in [9.17, 15) is 19.8 Å². The number of rotatable bonds is 7. The molecule has 0 fully saturated rings. The van der Waals surface area contributed by atoms with Gasteiger partial charge in [-0.25, -0.2) is 9.59 Å². The van der Waals surface area contributed by atoms with Gasteiger partial charge < -0.3 is 21.7 Å². The van der Waals surface area contributed by atoms with E-state index in [1.54, 1.807) is 84.9 Å². The second kappa shape index (κ2) is 12.3. The van der Waals surface area contributed by atoms with Gasteiger partial charge in [-0.1, -0.05) is 83.9 Å². The molecule has 6 aromatic rings. The van der Waals surface area contributed by atoms with Gasteiger partial charge in [-0.2, -0.15) is 0 Å². The molecular formula is C34H22Cl2N6O4. The number of benzene rings is 6. The van der Waals surface area contributed by atoms with Crippen LogP contribution >= 0.6 is 23.2 Å². The highest BCUT2D eigenvalue weighted by atomic mass is 35.5. The largest absolute Gasteiger partial charge is 0.478 e. The first-order valence-electron chi connectivity index (χ1n) is 13.6. The Morgan fingerprint density at radius 3 is 1.20 bits per heavy atom. The molecule has 0 saturated carbocycles. The van der Waals surface area contributed by atoms with Crippen LogP contribution in [0.5, 0.6) is 0 Å². The average molecular weight is 649 g/mol. The highest BCUT2D eigenvalue weighted by Crippen LogP contribution is 2.39. The van der Waals surface area contributed by atoms with Crippen LogP contribution in [0.1, 0.15) is 20.7 Å². The van der Waals surface area contributed by atoms with E-state index in [0.29, 0.717) is 54.3 Å². The Balaban J connectivity index is 1.26. The number of hydrogen-bond donors (Lipinski definition) is 4. The summed E-state index contributed by atoms with van der Waals surface area (Å²) < 4.78 is 0. The maximum absolute atomic E-state index is 11.8. The van der Waals surface area contributed by atoms with Crippen LogP contribution in [-0.4, -0.2) is 22.2 Å². The molecule has 226 valence electrons. The summed E-state index contributed by atoms with van der Waals surface area (Å²) >= 11 is 13.1. The summed E-state index contributed by atoms with van der Waals surface area (Å²) in [5.74, 6) is -2.21. The molecule has 0 heterocycles. The van der Waals surface area contributed by atoms with E-state index < -0.39 is 11.9 Å². The van der Waals surface area contributed by atoms with E-state index in [2.05, 4.69) is 20.5 Å². The molecule has 0 aliphatic carbocycles. The van der Waals surface area contributed by atoms with Crippen LogP contribution in [0.3, 0.4) is 0 Å². The van der Waals surface area contributed by atoms with Crippen molar-refractivity contribution in [1.29, 1.82) is 0 Å². The summed E-state index contributed by atoms with van der Waals surface area (Å²) in [5.41, 5.74) is 15.9. The fraction of sp³-hybridized carbons (Fsp3) is 0. The Morgan fingerprint density at radius 1 is 0.500 bits per heavy atom. The lowest BCUT2D eigenvalue weighted by Gasteiger charge is -2.09. The molecule has 0 saturated heterocycles. The van der Waals surface area contributed by atoms with Crippen LogP contribution in [0.25, 0.3) is 32.7 Å². The second-order valence-corrected chi connectivity index (χ2v) is 11.0. The molecule has 6 N–H and O–H groups in total. The lowest BCUT2D eigenvalue weighted by molar-refractivity contribution is 0.0688. The van der Waals surface area contributed by atoms with E-state index >= 15 is 0 Å². The van der Waals surface area contributed by atoms with Crippen molar-refractivity contribution in [2.24, 2.45) is 20.5 Å². The first kappa shape index (κ1) is 30.2. The third-order valence-electron chi connectivity index (χ3n) is 7.35. The summed E-state index contributed by atoms with van der Waals surface area (Å²) in [6.07, 6.45) is 0. The van der Waals surface area contributed by atoms with Crippen LogP contribution in [0.15, 0.2) is 118 Å². The third kappa shape index (κ3) is 5.70. The third-order valence-corrected chi connectivity index (χ3v) is 7.95. The number of aromatic carboxylic acids is 2. The Labute approximate surface area is 271 Å². The van der Waals surface area contributed by atoms with Crippen LogP contribution in [0.2, 0.25) is 10.0 Å². The van der Waals surface area contributed by atoms with Gasteiger partial charge in [0.05, 0.1) is 32.5 Å². The highest BCUT2D eigenvalue weighted by molar-refractivity contribution is 6.34. The van der Waals surface area contributed by atoms with Crippen molar-refractivity contribution in [1.82, 2.24) is 0 Å². The molecule has 0 atom stereocenters. The van der Waals surface area contributed by atoms with Crippen molar-refractivity contribution in [3.63, 3.8) is 0 Å². The summed E-state index contributed by atoms with van der Waals surface area (Å²) in [6, 6.07) is 26.9. The van der Waals surface area contributed by atoms with E-state index in [1.165, 1.54) is 12.1 Å². The monoisotopic (exact) mass is 648 g/mol. The Morgan fingerprint density at radius 2 is 0.848 bits per heavy atom. The summed E-state index contributed by atoms with van der Waals surface area (Å²) in [4.78, 5) is 23.7. The van der Waals surface area contributed by atoms with Crippen LogP contribution in [0, 0.1) is 0 Å². The molecule has 0 aliphatic heterocycles. The predicted molar refractivity (Wildman–Crippen MR) is 181 cm³/mol. The standard InChI is InChI=1S/C34H22Cl2N6O4/c35-25-13-17(9-11-27(25)39-41-29-15-23(33(43)44)19-5-1-3-7-21(19)31(29)37)18-10-12-28(26(36)14-18)40-42-30-16-24(34(45)46)20-6-2-4-8-22(20)32(30)38/h1-16H,37-38H2,(H,43,44)(H,45,46)/b41-39+,42-40+. The van der Waals surface area contributed by atoms with Crippen molar-refractivity contribution in [3.8, 4) is 11.1 Å². The number of fused-ring (bicyclic) bond motifs is 2. The topological polar surface area (TPSA) is 176 Å². The molecule has 0 bridgehead atoms. The smallest absolute Gasteiger partial charge is 0.336 e. The molecule has 10 nitrogen and oxygen atoms in total. The number of carbonyl (C=O) groups is 2. The van der Waals surface area contributed by atoms with E-state index in [4.69, 9.17) is 34.7 Å². The fourth-order valence-corrected chi connectivity index (χ4v) is 5.47. The van der Waals surface area contributed by atoms with E-state index in [-0.39, 0.29) is 22.5 Å². The van der Waals surface area contributed by atoms with Crippen molar-refractivity contribution in [3.05, 3.63) is 118 Å². The quantitative estimate of drug-likeness (QED) is 0.0987. The SMILES string of the molecule is Nc1c(/N=N/c2ccc(-c3ccc(/N=N/c4cc(C(=O)O)c5ccccc5c4N)c(Cl)c3)cc2Cl)cc(C(=O)O)c2ccccc12. The minimum absolute atomic E-state index is 0.0609. The number of nitrogens with zero attached hydrogens (tertiary/aromatic N) is 4. The van der Waals surface area contributed by atoms with E-state index in [0.717, 1.165) is 11.1 Å². The molecule has 0 aliphatic rings. The maximum Gasteiger partial charge on any atom is 0.336 e. The van der Waals surface area contributed by atoms with Crippen LogP contribution in [-0.2, 0) is 0 Å². The number of nitrogens with two attached hydrogens (primary N) is 2. The molecule has 12 heteroatoms. The first-order chi connectivity index (χ1) is 22.1. The number of anilines is 2. The van der Waals surface area contributed by atoms with E-state index in [1.807, 2.05) is 0 Å². The number of azo groups is 2. The summed E-state index contributed by atoms with van der Waals surface area (Å²) in [6.45, 7) is 0. The zero-order valence-electron chi connectivity index (χ0n) is 23.6. The fourth-order valence-electron chi connectivity index (χ4n) is 5.04. The number of carboxylic acids is 2. The summed E-state index contributed by atoms with van der Waals surface area (Å²) in [5, 5.41) is 38.9. The van der Waals surface area contributed by atoms with Gasteiger partial charge in [0.1, 0.15) is 22.7 Å². The van der Waals surface area contributed by atoms with Gasteiger partial charge >= 0.3 is 11.9 Å². The normalized spacial score (nSPS) is 11.6. The van der Waals surface area contributed by atoms with Gasteiger partial charge in [0, 0.05) is 10.8 Å². The first-order valence-corrected chi connectivity index (χ1v) is 14.4. The van der Waals surface area contributed by atoms with Crippen molar-refractivity contribution >= 4 is 90.8 Å². The van der Waals surface area contributed by atoms with Gasteiger partial charge in [0.2, 0.25) is 0 Å². The molecule has 0 unspecified atom stereocenters. The lowest BCUT2D eigenvalue weighted by atomic mass is 10.0. The lowest BCUT2D eigenvalue weighted by Crippen LogP contribution is -1.99. The predicted octanol–water partition coefficient (Wildman–Crippen LogP) is 10.4. The van der Waals surface area contributed by atoms with Gasteiger partial charge in [-0.3, -0.25) is 0 Å². The number of nitrogen functional groups attached to an aromatic ring is 2. The Hall–Kier alpha value is -5.84. The van der Waals surface area contributed by atoms with Gasteiger partial charge in [-0.15, -0.1) is 20.5 Å². The van der Waals surface area contributed by atoms with Gasteiger partial charge in [0.15, 0.2) is 0 Å². The minimum Gasteiger partial charge on any atom is -0.478 e. The molecule has 6 rings (SSSR count). The van der Waals surface area contributed by atoms with Crippen molar-refractivity contribution in [2.75, 3.05) is 11.5 Å². The summed E-state index contributed by atoms with van der Waals surface area (Å²) in [7, 11) is 0. The van der Waals surface area contributed by atoms with Crippen molar-refractivity contribution in [2.45, 2.75) is 0 Å². The number of halogens is 2.